The molecule has 6 nitrogen and oxygen atoms in total. The molecular formula is C15H22N4O2. The van der Waals surface area contributed by atoms with Gasteiger partial charge in [-0.1, -0.05) is 0 Å². The molecule has 114 valence electrons. The Labute approximate surface area is 127 Å². The summed E-state index contributed by atoms with van der Waals surface area (Å²) in [6.07, 6.45) is 1.55. The van der Waals surface area contributed by atoms with Gasteiger partial charge in [0.05, 0.1) is 19.4 Å². The van der Waals surface area contributed by atoms with Crippen molar-refractivity contribution in [2.45, 2.75) is 12.8 Å². The second-order valence-corrected chi connectivity index (χ2v) is 5.24. The Morgan fingerprint density at radius 2 is 2.43 bits per heavy atom. The van der Waals surface area contributed by atoms with Crippen molar-refractivity contribution in [2.75, 3.05) is 38.8 Å². The number of nitrogens with one attached hydrogen (secondary N) is 3. The van der Waals surface area contributed by atoms with Gasteiger partial charge in [0.1, 0.15) is 13.8 Å². The number of anilines is 1. The molecule has 0 radical (unpaired) electrons. The van der Waals surface area contributed by atoms with E-state index in [4.69, 9.17) is 17.8 Å². The van der Waals surface area contributed by atoms with Crippen molar-refractivity contribution in [1.29, 1.82) is 5.41 Å². The number of hydroxylamine groups is 2. The molecule has 0 aromatic heterocycles. The van der Waals surface area contributed by atoms with E-state index in [1.54, 1.807) is 7.11 Å². The summed E-state index contributed by atoms with van der Waals surface area (Å²) in [5.74, 6) is 1.39. The lowest BCUT2D eigenvalue weighted by Crippen LogP contribution is -2.39. The third-order valence-electron chi connectivity index (χ3n) is 3.85. The monoisotopic (exact) mass is 292 g/mol. The fourth-order valence-corrected chi connectivity index (χ4v) is 2.55. The average molecular weight is 292 g/mol. The number of piperidine rings is 1. The van der Waals surface area contributed by atoms with Gasteiger partial charge in [-0.15, -0.1) is 0 Å². The molecule has 21 heavy (non-hydrogen) atoms. The molecule has 1 saturated heterocycles. The molecule has 3 N–H and O–H groups in total. The number of amidine groups is 1. The van der Waals surface area contributed by atoms with Crippen molar-refractivity contribution in [3.8, 4) is 5.75 Å². The Hall–Kier alpha value is -1.79. The van der Waals surface area contributed by atoms with Crippen LogP contribution in [0.2, 0.25) is 1.41 Å². The van der Waals surface area contributed by atoms with Crippen LogP contribution in [0.25, 0.3) is 0 Å². The number of fused-ring (bicyclic) bond motifs is 1. The van der Waals surface area contributed by atoms with Crippen molar-refractivity contribution < 1.29 is 12.4 Å². The highest BCUT2D eigenvalue weighted by Crippen LogP contribution is 2.27. The first kappa shape index (κ1) is 11.8. The standard InChI is InChI=1S/C15H22N4O2/c1-20-19-10-18-14-8-12(2-3-13(14)15(19)16)21-9-11-4-6-17-7-5-11/h2-3,8,11,16-18H,4-7,9-10H2,1H3/i6D/hD. The van der Waals surface area contributed by atoms with Crippen LogP contribution in [0, 0.1) is 11.3 Å². The molecule has 2 aliphatic heterocycles. The summed E-state index contributed by atoms with van der Waals surface area (Å²) in [6.45, 7) is 1.15. The molecule has 0 amide bonds. The Morgan fingerprint density at radius 1 is 1.52 bits per heavy atom. The number of benzene rings is 1. The fraction of sp³-hybridized carbons (Fsp3) is 0.533. The molecule has 3 rings (SSSR count). The van der Waals surface area contributed by atoms with E-state index in [1.165, 1.54) is 10.4 Å². The van der Waals surface area contributed by atoms with E-state index in [9.17, 15) is 0 Å². The maximum Gasteiger partial charge on any atom is 0.156 e. The minimum absolute atomic E-state index is 0.311. The number of rotatable bonds is 4. The topological polar surface area (TPSA) is 69.6 Å². The van der Waals surface area contributed by atoms with Crippen LogP contribution >= 0.6 is 0 Å². The zero-order valence-electron chi connectivity index (χ0n) is 14.1. The lowest BCUT2D eigenvalue weighted by molar-refractivity contribution is -0.0602. The van der Waals surface area contributed by atoms with Gasteiger partial charge in [-0.25, -0.2) is 5.06 Å². The van der Waals surface area contributed by atoms with Gasteiger partial charge < -0.3 is 15.4 Å². The van der Waals surface area contributed by atoms with E-state index < -0.39 is 6.52 Å². The van der Waals surface area contributed by atoms with Crippen LogP contribution in [0.4, 0.5) is 5.69 Å². The molecule has 1 fully saturated rings. The van der Waals surface area contributed by atoms with Crippen LogP contribution in [-0.2, 0) is 4.84 Å². The van der Waals surface area contributed by atoms with Crippen LogP contribution in [0.1, 0.15) is 19.8 Å². The maximum absolute atomic E-state index is 8.08. The molecule has 0 bridgehead atoms. The van der Waals surface area contributed by atoms with Crippen molar-refractivity contribution in [3.05, 3.63) is 23.8 Å². The first-order chi connectivity index (χ1) is 11.1. The molecule has 2 atom stereocenters. The summed E-state index contributed by atoms with van der Waals surface area (Å²) >= 11 is 0. The number of ether oxygens (including phenoxy) is 1. The zero-order chi connectivity index (χ0) is 16.4. The average Bonchev–Trinajstić information content (AvgIpc) is 2.56. The SMILES string of the molecule is [2H]C1CC(COc2ccc3c(c2)NCN(OC)C3=N)CCN1[2H]. The largest absolute Gasteiger partial charge is 0.493 e. The lowest BCUT2D eigenvalue weighted by Gasteiger charge is -2.30. The molecule has 0 spiro atoms. The van der Waals surface area contributed by atoms with Gasteiger partial charge in [-0.05, 0) is 44.0 Å². The highest BCUT2D eigenvalue weighted by molar-refractivity contribution is 6.02. The second-order valence-electron chi connectivity index (χ2n) is 5.24. The Balaban J connectivity index is 1.61. The van der Waals surface area contributed by atoms with Crippen LogP contribution in [0.3, 0.4) is 0 Å². The molecule has 2 heterocycles. The van der Waals surface area contributed by atoms with Gasteiger partial charge in [0.25, 0.3) is 0 Å². The lowest BCUT2D eigenvalue weighted by atomic mass is 9.99. The van der Waals surface area contributed by atoms with Crippen molar-refractivity contribution >= 4 is 11.5 Å². The van der Waals surface area contributed by atoms with Gasteiger partial charge in [0.2, 0.25) is 0 Å². The predicted octanol–water partition coefficient (Wildman–Crippen LogP) is 1.64. The predicted molar refractivity (Wildman–Crippen MR) is 81.7 cm³/mol. The van der Waals surface area contributed by atoms with Crippen LogP contribution in [-0.4, -0.2) is 44.3 Å². The van der Waals surface area contributed by atoms with E-state index in [0.717, 1.165) is 23.4 Å². The Kier molecular flexibility index (Phi) is 3.56. The van der Waals surface area contributed by atoms with Crippen molar-refractivity contribution in [2.24, 2.45) is 5.92 Å². The first-order valence-corrected chi connectivity index (χ1v) is 7.17. The summed E-state index contributed by atoms with van der Waals surface area (Å²) in [7, 11) is 1.54. The molecule has 0 aliphatic carbocycles. The van der Waals surface area contributed by atoms with Gasteiger partial charge in [0.15, 0.2) is 5.84 Å². The number of hydrogen-bond acceptors (Lipinski definition) is 5. The van der Waals surface area contributed by atoms with Gasteiger partial charge in [0, 0.05) is 13.0 Å². The van der Waals surface area contributed by atoms with Gasteiger partial charge in [-0.3, -0.25) is 10.2 Å². The molecular weight excluding hydrogens is 268 g/mol. The molecule has 6 heteroatoms. The summed E-state index contributed by atoms with van der Waals surface area (Å²) in [5, 5.41) is 14.1. The summed E-state index contributed by atoms with van der Waals surface area (Å²) in [6, 6.07) is 5.60. The van der Waals surface area contributed by atoms with E-state index in [1.807, 2.05) is 18.2 Å². The zero-order valence-corrected chi connectivity index (χ0v) is 12.1. The number of nitrogens with zero attached hydrogens (tertiary/aromatic N) is 1. The van der Waals surface area contributed by atoms with Gasteiger partial charge >= 0.3 is 0 Å². The van der Waals surface area contributed by atoms with E-state index in [0.29, 0.717) is 38.0 Å². The number of hydrogen-bond donors (Lipinski definition) is 3. The van der Waals surface area contributed by atoms with E-state index >= 15 is 0 Å². The normalized spacial score (nSPS) is 27.5. The summed E-state index contributed by atoms with van der Waals surface area (Å²) < 4.78 is 21.3. The highest BCUT2D eigenvalue weighted by atomic mass is 16.7. The smallest absolute Gasteiger partial charge is 0.156 e. The summed E-state index contributed by atoms with van der Waals surface area (Å²) in [4.78, 5) is 5.11. The molecule has 0 saturated carbocycles. The maximum atomic E-state index is 8.08. The quantitative estimate of drug-likeness (QED) is 0.787. The van der Waals surface area contributed by atoms with E-state index in [2.05, 4.69) is 5.32 Å². The van der Waals surface area contributed by atoms with E-state index in [-0.39, 0.29) is 0 Å². The van der Waals surface area contributed by atoms with Crippen molar-refractivity contribution in [3.63, 3.8) is 0 Å². The Morgan fingerprint density at radius 3 is 3.24 bits per heavy atom. The molecule has 1 aromatic carbocycles. The minimum Gasteiger partial charge on any atom is -0.493 e. The first-order valence-electron chi connectivity index (χ1n) is 8.20. The molecule has 2 aliphatic rings. The van der Waals surface area contributed by atoms with Crippen LogP contribution < -0.4 is 15.4 Å². The van der Waals surface area contributed by atoms with Gasteiger partial charge in [-0.2, -0.15) is 0 Å². The van der Waals surface area contributed by atoms with Crippen LogP contribution in [0.5, 0.6) is 5.75 Å². The minimum atomic E-state index is -0.456. The third kappa shape index (κ3) is 3.11. The molecule has 2 unspecified atom stereocenters. The van der Waals surface area contributed by atoms with Crippen molar-refractivity contribution in [1.82, 2.24) is 10.4 Å². The Bertz CT molecular complexity index is 587. The third-order valence-corrected chi connectivity index (χ3v) is 3.85. The second kappa shape index (κ2) is 6.32. The fourth-order valence-electron chi connectivity index (χ4n) is 2.55. The highest BCUT2D eigenvalue weighted by Gasteiger charge is 2.21. The van der Waals surface area contributed by atoms with Crippen LogP contribution in [0.15, 0.2) is 18.2 Å². The summed E-state index contributed by atoms with van der Waals surface area (Å²) in [5.41, 5.74) is 1.64. The molecule has 1 aromatic rings.